The minimum Gasteiger partial charge on any atom is -0.360 e. The lowest BCUT2D eigenvalue weighted by Crippen LogP contribution is -2.18. The highest BCUT2D eigenvalue weighted by atomic mass is 16.5. The molecule has 3 nitrogen and oxygen atoms in total. The van der Waals surface area contributed by atoms with Gasteiger partial charge in [0.25, 0.3) is 0 Å². The van der Waals surface area contributed by atoms with E-state index in [9.17, 15) is 9.59 Å². The maximum absolute atomic E-state index is 10.7. The minimum absolute atomic E-state index is 0.0179. The summed E-state index contributed by atoms with van der Waals surface area (Å²) in [5.41, 5.74) is 0. The minimum atomic E-state index is -0.339. The lowest BCUT2D eigenvalue weighted by Gasteiger charge is -2.04. The van der Waals surface area contributed by atoms with E-state index in [0.717, 1.165) is 6.29 Å². The Morgan fingerprint density at radius 3 is 2.60 bits per heavy atom. The Hall–Kier alpha value is -0.700. The number of aldehydes is 1. The van der Waals surface area contributed by atoms with Crippen molar-refractivity contribution in [2.24, 2.45) is 0 Å². The highest BCUT2D eigenvalue weighted by molar-refractivity contribution is 5.81. The fourth-order valence-corrected chi connectivity index (χ4v) is 1.06. The molecule has 1 rings (SSSR count). The maximum atomic E-state index is 10.7. The van der Waals surface area contributed by atoms with Gasteiger partial charge in [-0.2, -0.15) is 0 Å². The summed E-state index contributed by atoms with van der Waals surface area (Å²) in [5.74, 6) is 0.0179. The standard InChI is InChI=1S/C7H10O3/c1-5(9)7-3-2-6(4-8)10-7/h4,6-7H,2-3H2,1H3. The quantitative estimate of drug-likeness (QED) is 0.521. The highest BCUT2D eigenvalue weighted by Crippen LogP contribution is 2.18. The first kappa shape index (κ1) is 7.41. The molecule has 0 bridgehead atoms. The van der Waals surface area contributed by atoms with Gasteiger partial charge in [0, 0.05) is 0 Å². The zero-order chi connectivity index (χ0) is 7.56. The molecule has 1 aliphatic heterocycles. The van der Waals surface area contributed by atoms with Gasteiger partial charge in [0.15, 0.2) is 5.78 Å². The Morgan fingerprint density at radius 1 is 1.60 bits per heavy atom. The molecule has 0 radical (unpaired) electrons. The summed E-state index contributed by atoms with van der Waals surface area (Å²) in [6.45, 7) is 1.48. The number of ketones is 1. The summed E-state index contributed by atoms with van der Waals surface area (Å²) in [5, 5.41) is 0. The van der Waals surface area contributed by atoms with Crippen LogP contribution in [0.4, 0.5) is 0 Å². The van der Waals surface area contributed by atoms with Gasteiger partial charge in [-0.3, -0.25) is 4.79 Å². The molecule has 0 aromatic heterocycles. The summed E-state index contributed by atoms with van der Waals surface area (Å²) in [6.07, 6.45) is 1.47. The van der Waals surface area contributed by atoms with E-state index in [0.29, 0.717) is 12.8 Å². The zero-order valence-corrected chi connectivity index (χ0v) is 5.87. The largest absolute Gasteiger partial charge is 0.360 e. The number of carbonyl (C=O) groups is 2. The van der Waals surface area contributed by atoms with Crippen molar-refractivity contribution in [3.8, 4) is 0 Å². The molecule has 0 N–H and O–H groups in total. The van der Waals surface area contributed by atoms with Crippen LogP contribution in [0.25, 0.3) is 0 Å². The third kappa shape index (κ3) is 1.42. The SMILES string of the molecule is CC(=O)C1CCC(C=O)O1. The van der Waals surface area contributed by atoms with Gasteiger partial charge < -0.3 is 9.53 Å². The van der Waals surface area contributed by atoms with E-state index in [1.165, 1.54) is 6.92 Å². The van der Waals surface area contributed by atoms with Crippen molar-refractivity contribution in [2.75, 3.05) is 0 Å². The van der Waals surface area contributed by atoms with Crippen molar-refractivity contribution in [3.05, 3.63) is 0 Å². The summed E-state index contributed by atoms with van der Waals surface area (Å²) in [4.78, 5) is 20.8. The molecule has 0 amide bonds. The van der Waals surface area contributed by atoms with Crippen LogP contribution >= 0.6 is 0 Å². The second kappa shape index (κ2) is 2.92. The van der Waals surface area contributed by atoms with Crippen LogP contribution in [0.15, 0.2) is 0 Å². The lowest BCUT2D eigenvalue weighted by molar-refractivity contribution is -0.130. The molecule has 56 valence electrons. The number of ether oxygens (including phenoxy) is 1. The first-order valence-corrected chi connectivity index (χ1v) is 3.35. The van der Waals surface area contributed by atoms with Crippen molar-refractivity contribution >= 4 is 12.1 Å². The summed E-state index contributed by atoms with van der Waals surface area (Å²) < 4.78 is 5.05. The molecule has 0 aliphatic carbocycles. The van der Waals surface area contributed by atoms with Gasteiger partial charge in [-0.25, -0.2) is 0 Å². The fourth-order valence-electron chi connectivity index (χ4n) is 1.06. The normalized spacial score (nSPS) is 32.1. The van der Waals surface area contributed by atoms with Gasteiger partial charge >= 0.3 is 0 Å². The number of rotatable bonds is 2. The fraction of sp³-hybridized carbons (Fsp3) is 0.714. The van der Waals surface area contributed by atoms with Gasteiger partial charge in [-0.15, -0.1) is 0 Å². The molecule has 0 aromatic carbocycles. The Bertz CT molecular complexity index is 153. The van der Waals surface area contributed by atoms with Crippen LogP contribution < -0.4 is 0 Å². The molecule has 0 spiro atoms. The molecule has 1 saturated heterocycles. The second-order valence-corrected chi connectivity index (χ2v) is 2.49. The van der Waals surface area contributed by atoms with Crippen LogP contribution in [0, 0.1) is 0 Å². The molecule has 1 aliphatic rings. The van der Waals surface area contributed by atoms with Crippen molar-refractivity contribution in [1.82, 2.24) is 0 Å². The molecule has 2 atom stereocenters. The molecule has 1 heterocycles. The van der Waals surface area contributed by atoms with E-state index in [2.05, 4.69) is 0 Å². The van der Waals surface area contributed by atoms with E-state index in [4.69, 9.17) is 4.74 Å². The number of hydrogen-bond acceptors (Lipinski definition) is 3. The first-order valence-electron chi connectivity index (χ1n) is 3.35. The van der Waals surface area contributed by atoms with E-state index >= 15 is 0 Å². The highest BCUT2D eigenvalue weighted by Gasteiger charge is 2.27. The van der Waals surface area contributed by atoms with Gasteiger partial charge in [-0.05, 0) is 19.8 Å². The average molecular weight is 142 g/mol. The van der Waals surface area contributed by atoms with E-state index in [1.807, 2.05) is 0 Å². The summed E-state index contributed by atoms with van der Waals surface area (Å²) in [7, 11) is 0. The van der Waals surface area contributed by atoms with Crippen molar-refractivity contribution < 1.29 is 14.3 Å². The third-order valence-corrected chi connectivity index (χ3v) is 1.66. The van der Waals surface area contributed by atoms with Crippen LogP contribution in [0.3, 0.4) is 0 Å². The van der Waals surface area contributed by atoms with E-state index in [1.54, 1.807) is 0 Å². The van der Waals surface area contributed by atoms with Crippen LogP contribution in [-0.4, -0.2) is 24.3 Å². The van der Waals surface area contributed by atoms with Crippen LogP contribution in [-0.2, 0) is 14.3 Å². The smallest absolute Gasteiger partial charge is 0.158 e. The van der Waals surface area contributed by atoms with Crippen molar-refractivity contribution in [1.29, 1.82) is 0 Å². The average Bonchev–Trinajstić information content (AvgIpc) is 2.34. The van der Waals surface area contributed by atoms with Gasteiger partial charge in [0.1, 0.15) is 18.5 Å². The molecular weight excluding hydrogens is 132 g/mol. The Kier molecular flexibility index (Phi) is 2.17. The maximum Gasteiger partial charge on any atom is 0.158 e. The molecule has 3 heteroatoms. The number of Topliss-reactive ketones (excluding diaryl/α,β-unsaturated/α-hetero) is 1. The second-order valence-electron chi connectivity index (χ2n) is 2.49. The van der Waals surface area contributed by atoms with Gasteiger partial charge in [-0.1, -0.05) is 0 Å². The van der Waals surface area contributed by atoms with E-state index < -0.39 is 0 Å². The van der Waals surface area contributed by atoms with Gasteiger partial charge in [0.05, 0.1) is 0 Å². The molecular formula is C7H10O3. The Labute approximate surface area is 59.4 Å². The zero-order valence-electron chi connectivity index (χ0n) is 5.87. The molecule has 0 aromatic rings. The van der Waals surface area contributed by atoms with Crippen LogP contribution in [0.2, 0.25) is 0 Å². The molecule has 0 saturated carbocycles. The third-order valence-electron chi connectivity index (χ3n) is 1.66. The predicted octanol–water partition coefficient (Wildman–Crippen LogP) is 0.322. The first-order chi connectivity index (χ1) is 4.74. The number of carbonyl (C=O) groups excluding carboxylic acids is 2. The van der Waals surface area contributed by atoms with Crippen LogP contribution in [0.1, 0.15) is 19.8 Å². The van der Waals surface area contributed by atoms with Gasteiger partial charge in [0.2, 0.25) is 0 Å². The predicted molar refractivity (Wildman–Crippen MR) is 34.6 cm³/mol. The van der Waals surface area contributed by atoms with Crippen molar-refractivity contribution in [3.63, 3.8) is 0 Å². The molecule has 1 fully saturated rings. The summed E-state index contributed by atoms with van der Waals surface area (Å²) >= 11 is 0. The lowest BCUT2D eigenvalue weighted by atomic mass is 10.1. The van der Waals surface area contributed by atoms with Crippen LogP contribution in [0.5, 0.6) is 0 Å². The topological polar surface area (TPSA) is 43.4 Å². The molecule has 10 heavy (non-hydrogen) atoms. The van der Waals surface area contributed by atoms with E-state index in [-0.39, 0.29) is 18.0 Å². The Morgan fingerprint density at radius 2 is 2.30 bits per heavy atom. The summed E-state index contributed by atoms with van der Waals surface area (Å²) in [6, 6.07) is 0. The molecule has 2 unspecified atom stereocenters. The van der Waals surface area contributed by atoms with Crippen molar-refractivity contribution in [2.45, 2.75) is 32.0 Å². The Balaban J connectivity index is 2.42. The monoisotopic (exact) mass is 142 g/mol. The number of hydrogen-bond donors (Lipinski definition) is 0.